The van der Waals surface area contributed by atoms with Gasteiger partial charge in [-0.05, 0) is 30.2 Å². The Kier molecular flexibility index (Phi) is 4.38. The molecule has 1 nitrogen and oxygen atoms in total. The van der Waals surface area contributed by atoms with Crippen molar-refractivity contribution < 1.29 is 13.5 Å². The predicted molar refractivity (Wildman–Crippen MR) is 71.7 cm³/mol. The van der Waals surface area contributed by atoms with E-state index in [1.54, 1.807) is 24.3 Å². The monoisotopic (exact) mass is 282 g/mol. The van der Waals surface area contributed by atoms with Crippen LogP contribution in [0.4, 0.5) is 8.78 Å². The highest BCUT2D eigenvalue weighted by atomic mass is 35.5. The van der Waals surface area contributed by atoms with Crippen molar-refractivity contribution in [2.75, 3.05) is 7.11 Å². The van der Waals surface area contributed by atoms with Crippen molar-refractivity contribution in [1.82, 2.24) is 0 Å². The van der Waals surface area contributed by atoms with E-state index in [0.29, 0.717) is 17.7 Å². The molecule has 0 saturated heterocycles. The van der Waals surface area contributed by atoms with Gasteiger partial charge in [0.1, 0.15) is 17.4 Å². The minimum absolute atomic E-state index is 0.323. The first-order chi connectivity index (χ1) is 9.10. The molecule has 0 N–H and O–H groups in total. The predicted octanol–water partition coefficient (Wildman–Crippen LogP) is 4.50. The molecular weight excluding hydrogens is 270 g/mol. The van der Waals surface area contributed by atoms with Crippen LogP contribution >= 0.6 is 11.6 Å². The fraction of sp³-hybridized carbons (Fsp3) is 0.200. The maximum Gasteiger partial charge on any atom is 0.131 e. The van der Waals surface area contributed by atoms with E-state index in [1.807, 2.05) is 0 Å². The third-order valence-corrected chi connectivity index (χ3v) is 3.24. The molecule has 0 radical (unpaired) electrons. The number of alkyl halides is 1. The zero-order valence-corrected chi connectivity index (χ0v) is 11.1. The van der Waals surface area contributed by atoms with E-state index in [1.165, 1.54) is 25.3 Å². The zero-order chi connectivity index (χ0) is 13.8. The molecule has 1 atom stereocenters. The molecule has 4 heteroatoms. The zero-order valence-electron chi connectivity index (χ0n) is 10.4. The highest BCUT2D eigenvalue weighted by molar-refractivity contribution is 6.20. The second-order valence-electron chi connectivity index (χ2n) is 4.19. The summed E-state index contributed by atoms with van der Waals surface area (Å²) >= 11 is 6.19. The molecule has 0 saturated carbocycles. The summed E-state index contributed by atoms with van der Waals surface area (Å²) in [6, 6.07) is 10.7. The Morgan fingerprint density at radius 3 is 2.58 bits per heavy atom. The van der Waals surface area contributed by atoms with Crippen molar-refractivity contribution in [3.05, 3.63) is 65.2 Å². The molecule has 1 unspecified atom stereocenters. The van der Waals surface area contributed by atoms with Crippen LogP contribution in [0, 0.1) is 11.6 Å². The van der Waals surface area contributed by atoms with Gasteiger partial charge in [0.15, 0.2) is 0 Å². The first kappa shape index (κ1) is 13.8. The van der Waals surface area contributed by atoms with Crippen LogP contribution in [0.25, 0.3) is 0 Å². The summed E-state index contributed by atoms with van der Waals surface area (Å²) in [5.74, 6) is -0.303. The van der Waals surface area contributed by atoms with Gasteiger partial charge in [0.05, 0.1) is 12.5 Å². The number of hydrogen-bond donors (Lipinski definition) is 0. The number of halogens is 3. The molecule has 0 aliphatic rings. The largest absolute Gasteiger partial charge is 0.497 e. The number of ether oxygens (including phenoxy) is 1. The molecule has 2 rings (SSSR count). The third kappa shape index (κ3) is 3.44. The molecule has 0 aromatic heterocycles. The normalized spacial score (nSPS) is 12.2. The smallest absolute Gasteiger partial charge is 0.131 e. The highest BCUT2D eigenvalue weighted by Gasteiger charge is 2.14. The van der Waals surface area contributed by atoms with Gasteiger partial charge < -0.3 is 4.74 Å². The Bertz CT molecular complexity index is 572. The topological polar surface area (TPSA) is 9.23 Å². The van der Waals surface area contributed by atoms with Crippen LogP contribution in [0.15, 0.2) is 42.5 Å². The lowest BCUT2D eigenvalue weighted by Crippen LogP contribution is -2.00. The lowest BCUT2D eigenvalue weighted by atomic mass is 10.0. The summed E-state index contributed by atoms with van der Waals surface area (Å²) in [4.78, 5) is 0. The molecule has 0 heterocycles. The second kappa shape index (κ2) is 6.02. The van der Waals surface area contributed by atoms with E-state index in [9.17, 15) is 8.78 Å². The van der Waals surface area contributed by atoms with Crippen molar-refractivity contribution in [3.63, 3.8) is 0 Å². The van der Waals surface area contributed by atoms with Gasteiger partial charge in [-0.25, -0.2) is 8.78 Å². The van der Waals surface area contributed by atoms with Gasteiger partial charge in [-0.15, -0.1) is 11.6 Å². The van der Waals surface area contributed by atoms with E-state index in [-0.39, 0.29) is 5.82 Å². The Hall–Kier alpha value is -1.61. The van der Waals surface area contributed by atoms with E-state index in [0.717, 1.165) is 5.56 Å². The summed E-state index contributed by atoms with van der Waals surface area (Å²) < 4.78 is 31.8. The second-order valence-corrected chi connectivity index (χ2v) is 4.72. The van der Waals surface area contributed by atoms with Crippen LogP contribution in [-0.4, -0.2) is 7.11 Å². The van der Waals surface area contributed by atoms with Gasteiger partial charge >= 0.3 is 0 Å². The van der Waals surface area contributed by atoms with Gasteiger partial charge in [-0.2, -0.15) is 0 Å². The lowest BCUT2D eigenvalue weighted by Gasteiger charge is -2.12. The highest BCUT2D eigenvalue weighted by Crippen LogP contribution is 2.29. The average molecular weight is 283 g/mol. The maximum absolute atomic E-state index is 13.8. The molecule has 0 bridgehead atoms. The molecule has 19 heavy (non-hydrogen) atoms. The molecule has 100 valence electrons. The molecule has 2 aromatic carbocycles. The fourth-order valence-electron chi connectivity index (χ4n) is 1.87. The van der Waals surface area contributed by atoms with E-state index >= 15 is 0 Å². The summed E-state index contributed by atoms with van der Waals surface area (Å²) in [5.41, 5.74) is 1.11. The number of rotatable bonds is 4. The lowest BCUT2D eigenvalue weighted by molar-refractivity contribution is 0.410. The van der Waals surface area contributed by atoms with Crippen molar-refractivity contribution in [2.45, 2.75) is 11.8 Å². The minimum Gasteiger partial charge on any atom is -0.497 e. The number of hydrogen-bond acceptors (Lipinski definition) is 1. The van der Waals surface area contributed by atoms with E-state index in [4.69, 9.17) is 16.3 Å². The van der Waals surface area contributed by atoms with Gasteiger partial charge in [0, 0.05) is 11.6 Å². The van der Waals surface area contributed by atoms with Crippen LogP contribution in [0.1, 0.15) is 16.5 Å². The SMILES string of the molecule is COc1ccc(C(Cl)Cc2cccc(F)c2)c(F)c1. The third-order valence-electron chi connectivity index (χ3n) is 2.85. The Morgan fingerprint density at radius 2 is 1.95 bits per heavy atom. The quantitative estimate of drug-likeness (QED) is 0.751. The maximum atomic E-state index is 13.8. The molecule has 0 aliphatic carbocycles. The van der Waals surface area contributed by atoms with Crippen molar-refractivity contribution in [3.8, 4) is 5.75 Å². The summed E-state index contributed by atoms with van der Waals surface area (Å²) in [6.07, 6.45) is 0.364. The first-order valence-electron chi connectivity index (χ1n) is 5.82. The molecular formula is C15H13ClF2O. The Balaban J connectivity index is 2.18. The molecule has 2 aromatic rings. The summed E-state index contributed by atoms with van der Waals surface area (Å²) in [6.45, 7) is 0. The summed E-state index contributed by atoms with van der Waals surface area (Å²) in [7, 11) is 1.47. The van der Waals surface area contributed by atoms with Gasteiger partial charge in [-0.3, -0.25) is 0 Å². The van der Waals surface area contributed by atoms with Gasteiger partial charge in [0.2, 0.25) is 0 Å². The van der Waals surface area contributed by atoms with Crippen molar-refractivity contribution in [2.24, 2.45) is 0 Å². The van der Waals surface area contributed by atoms with E-state index < -0.39 is 11.2 Å². The molecule has 0 aliphatic heterocycles. The molecule has 0 fully saturated rings. The summed E-state index contributed by atoms with van der Waals surface area (Å²) in [5, 5.41) is -0.548. The van der Waals surface area contributed by atoms with Crippen molar-refractivity contribution >= 4 is 11.6 Å². The van der Waals surface area contributed by atoms with Crippen LogP contribution < -0.4 is 4.74 Å². The van der Waals surface area contributed by atoms with Crippen LogP contribution in [0.2, 0.25) is 0 Å². The fourth-order valence-corrected chi connectivity index (χ4v) is 2.22. The van der Waals surface area contributed by atoms with E-state index in [2.05, 4.69) is 0 Å². The van der Waals surface area contributed by atoms with Gasteiger partial charge in [0.25, 0.3) is 0 Å². The number of benzene rings is 2. The minimum atomic E-state index is -0.548. The average Bonchev–Trinajstić information content (AvgIpc) is 2.38. The first-order valence-corrected chi connectivity index (χ1v) is 6.25. The Morgan fingerprint density at radius 1 is 1.16 bits per heavy atom. The van der Waals surface area contributed by atoms with Crippen molar-refractivity contribution in [1.29, 1.82) is 0 Å². The van der Waals surface area contributed by atoms with Crippen LogP contribution in [0.5, 0.6) is 5.75 Å². The number of methoxy groups -OCH3 is 1. The molecule has 0 amide bonds. The van der Waals surface area contributed by atoms with Gasteiger partial charge in [-0.1, -0.05) is 18.2 Å². The standard InChI is InChI=1S/C15H13ClF2O/c1-19-12-5-6-13(15(18)9-12)14(16)8-10-3-2-4-11(17)7-10/h2-7,9,14H,8H2,1H3. The van der Waals surface area contributed by atoms with Crippen LogP contribution in [-0.2, 0) is 6.42 Å². The molecule has 0 spiro atoms. The van der Waals surface area contributed by atoms with Crippen LogP contribution in [0.3, 0.4) is 0 Å². The Labute approximate surface area is 115 Å².